The van der Waals surface area contributed by atoms with E-state index in [1.807, 2.05) is 6.92 Å². The van der Waals surface area contributed by atoms with Gasteiger partial charge in [-0.15, -0.1) is 12.4 Å². The Balaban J connectivity index is 0.00000162. The number of benzene rings is 1. The van der Waals surface area contributed by atoms with Crippen LogP contribution >= 0.6 is 24.2 Å². The molecule has 1 aliphatic heterocycles. The summed E-state index contributed by atoms with van der Waals surface area (Å²) in [5.41, 5.74) is -0.242. The van der Waals surface area contributed by atoms with E-state index in [-0.39, 0.29) is 17.7 Å². The minimum atomic E-state index is -4.34. The Kier molecular flexibility index (Phi) is 4.55. The van der Waals surface area contributed by atoms with Crippen molar-refractivity contribution in [3.8, 4) is 0 Å². The van der Waals surface area contributed by atoms with E-state index in [9.17, 15) is 13.2 Å². The molecule has 1 aliphatic rings. The lowest BCUT2D eigenvalue weighted by Crippen LogP contribution is -2.24. The number of amidine groups is 1. The summed E-state index contributed by atoms with van der Waals surface area (Å²) in [6.45, 7) is 2.53. The second-order valence-corrected chi connectivity index (χ2v) is 5.32. The topological polar surface area (TPSA) is 27.1 Å². The fraction of sp³-hybridized carbons (Fsp3) is 0.364. The van der Waals surface area contributed by atoms with Crippen molar-refractivity contribution in [2.45, 2.75) is 18.3 Å². The molecule has 1 saturated heterocycles. The maximum absolute atomic E-state index is 12.6. The molecule has 0 aromatic heterocycles. The highest BCUT2D eigenvalue weighted by atomic mass is 35.5. The van der Waals surface area contributed by atoms with Crippen LogP contribution in [-0.2, 0) is 6.18 Å². The summed E-state index contributed by atoms with van der Waals surface area (Å²) < 4.78 is 37.7. The molecule has 1 N–H and O–H groups in total. The molecular weight excluding hydrogens is 285 g/mol. The summed E-state index contributed by atoms with van der Waals surface area (Å²) in [6, 6.07) is 5.11. The van der Waals surface area contributed by atoms with Crippen molar-refractivity contribution in [1.29, 1.82) is 5.41 Å². The van der Waals surface area contributed by atoms with Crippen LogP contribution in [0.4, 0.5) is 18.9 Å². The molecular formula is C11H12ClF3N2S. The van der Waals surface area contributed by atoms with Gasteiger partial charge in [0.25, 0.3) is 0 Å². The number of halogens is 4. The van der Waals surface area contributed by atoms with Crippen molar-refractivity contribution in [2.75, 3.05) is 11.4 Å². The number of nitrogens with one attached hydrogen (secondary N) is 1. The summed E-state index contributed by atoms with van der Waals surface area (Å²) in [6.07, 6.45) is -4.34. The largest absolute Gasteiger partial charge is 0.416 e. The lowest BCUT2D eigenvalue weighted by molar-refractivity contribution is -0.137. The van der Waals surface area contributed by atoms with Crippen LogP contribution in [0, 0.1) is 5.41 Å². The van der Waals surface area contributed by atoms with Gasteiger partial charge in [-0.2, -0.15) is 13.2 Å². The normalized spacial score (nSPS) is 19.9. The van der Waals surface area contributed by atoms with Crippen LogP contribution < -0.4 is 4.90 Å². The van der Waals surface area contributed by atoms with Crippen LogP contribution in [0.15, 0.2) is 24.3 Å². The molecule has 100 valence electrons. The molecule has 1 unspecified atom stereocenters. The average Bonchev–Trinajstić information content (AvgIpc) is 2.57. The van der Waals surface area contributed by atoms with Crippen molar-refractivity contribution in [3.63, 3.8) is 0 Å². The van der Waals surface area contributed by atoms with Crippen molar-refractivity contribution in [2.24, 2.45) is 0 Å². The zero-order valence-corrected chi connectivity index (χ0v) is 11.1. The van der Waals surface area contributed by atoms with Crippen molar-refractivity contribution in [1.82, 2.24) is 0 Å². The Morgan fingerprint density at radius 3 is 2.56 bits per heavy atom. The van der Waals surface area contributed by atoms with E-state index >= 15 is 0 Å². The minimum absolute atomic E-state index is 0. The van der Waals surface area contributed by atoms with E-state index in [1.54, 1.807) is 11.0 Å². The number of hydrogen-bond donors (Lipinski definition) is 1. The maximum atomic E-state index is 12.6. The third-order valence-electron chi connectivity index (χ3n) is 2.48. The number of anilines is 1. The van der Waals surface area contributed by atoms with Crippen LogP contribution in [0.5, 0.6) is 0 Å². The molecule has 0 saturated carbocycles. The van der Waals surface area contributed by atoms with Gasteiger partial charge >= 0.3 is 6.18 Å². The minimum Gasteiger partial charge on any atom is -0.320 e. The molecule has 2 nitrogen and oxygen atoms in total. The van der Waals surface area contributed by atoms with Gasteiger partial charge in [0.15, 0.2) is 5.17 Å². The van der Waals surface area contributed by atoms with Crippen LogP contribution in [0.3, 0.4) is 0 Å². The zero-order valence-electron chi connectivity index (χ0n) is 9.49. The Bertz CT molecular complexity index is 450. The quantitative estimate of drug-likeness (QED) is 0.848. The second kappa shape index (κ2) is 5.40. The third-order valence-corrected chi connectivity index (χ3v) is 3.48. The molecule has 1 fully saturated rings. The molecule has 0 bridgehead atoms. The van der Waals surface area contributed by atoms with Gasteiger partial charge in [-0.1, -0.05) is 24.8 Å². The van der Waals surface area contributed by atoms with Gasteiger partial charge in [-0.3, -0.25) is 5.41 Å². The highest BCUT2D eigenvalue weighted by Gasteiger charge is 2.32. The first-order chi connectivity index (χ1) is 7.88. The lowest BCUT2D eigenvalue weighted by atomic mass is 10.2. The molecule has 1 atom stereocenters. The van der Waals surface area contributed by atoms with Crippen LogP contribution in [-0.4, -0.2) is 17.0 Å². The van der Waals surface area contributed by atoms with Crippen LogP contribution in [0.1, 0.15) is 12.5 Å². The Labute approximate surface area is 113 Å². The third kappa shape index (κ3) is 3.11. The number of rotatable bonds is 1. The van der Waals surface area contributed by atoms with Gasteiger partial charge in [-0.05, 0) is 18.2 Å². The summed E-state index contributed by atoms with van der Waals surface area (Å²) >= 11 is 1.36. The van der Waals surface area contributed by atoms with Crippen molar-refractivity contribution in [3.05, 3.63) is 29.8 Å². The van der Waals surface area contributed by atoms with Gasteiger partial charge in [-0.25, -0.2) is 0 Å². The predicted molar refractivity (Wildman–Crippen MR) is 70.8 cm³/mol. The van der Waals surface area contributed by atoms with Gasteiger partial charge < -0.3 is 4.90 Å². The SMILES string of the molecule is CC1CN(c2cccc(C(F)(F)F)c2)C(=N)S1.Cl. The van der Waals surface area contributed by atoms with Gasteiger partial charge in [0.05, 0.1) is 5.56 Å². The summed E-state index contributed by atoms with van der Waals surface area (Å²) in [4.78, 5) is 1.60. The number of hydrogen-bond acceptors (Lipinski definition) is 2. The molecule has 1 aromatic carbocycles. The first-order valence-corrected chi connectivity index (χ1v) is 5.96. The van der Waals surface area contributed by atoms with E-state index < -0.39 is 11.7 Å². The summed E-state index contributed by atoms with van der Waals surface area (Å²) in [5, 5.41) is 8.24. The Morgan fingerprint density at radius 1 is 1.39 bits per heavy atom. The van der Waals surface area contributed by atoms with Gasteiger partial charge in [0.1, 0.15) is 0 Å². The first kappa shape index (κ1) is 15.2. The van der Waals surface area contributed by atoms with Crippen LogP contribution in [0.2, 0.25) is 0 Å². The van der Waals surface area contributed by atoms with E-state index in [4.69, 9.17) is 5.41 Å². The van der Waals surface area contributed by atoms with Gasteiger partial charge in [0.2, 0.25) is 0 Å². The van der Waals surface area contributed by atoms with E-state index in [2.05, 4.69) is 0 Å². The first-order valence-electron chi connectivity index (χ1n) is 5.08. The molecule has 18 heavy (non-hydrogen) atoms. The number of thioether (sulfide) groups is 1. The monoisotopic (exact) mass is 296 g/mol. The summed E-state index contributed by atoms with van der Waals surface area (Å²) in [5.74, 6) is 0. The lowest BCUT2D eigenvalue weighted by Gasteiger charge is -2.18. The smallest absolute Gasteiger partial charge is 0.320 e. The standard InChI is InChI=1S/C11H11F3N2S.ClH/c1-7-6-16(10(15)17-7)9-4-2-3-8(5-9)11(12,13)14;/h2-5,7,15H,6H2,1H3;1H. The second-order valence-electron chi connectivity index (χ2n) is 3.89. The fourth-order valence-electron chi connectivity index (χ4n) is 1.70. The number of alkyl halides is 3. The van der Waals surface area contributed by atoms with Crippen molar-refractivity contribution < 1.29 is 13.2 Å². The average molecular weight is 297 g/mol. The molecule has 0 radical (unpaired) electrons. The maximum Gasteiger partial charge on any atom is 0.416 e. The molecule has 0 spiro atoms. The zero-order chi connectivity index (χ0) is 12.6. The molecule has 0 aliphatic carbocycles. The van der Waals surface area contributed by atoms with Crippen LogP contribution in [0.25, 0.3) is 0 Å². The molecule has 1 aromatic rings. The number of nitrogens with zero attached hydrogens (tertiary/aromatic N) is 1. The Hall–Kier alpha value is -0.880. The van der Waals surface area contributed by atoms with Crippen molar-refractivity contribution >= 4 is 35.0 Å². The molecule has 7 heteroatoms. The van der Waals surface area contributed by atoms with Gasteiger partial charge in [0, 0.05) is 17.5 Å². The molecule has 2 rings (SSSR count). The Morgan fingerprint density at radius 2 is 2.06 bits per heavy atom. The highest BCUT2D eigenvalue weighted by molar-refractivity contribution is 8.15. The van der Waals surface area contributed by atoms with E-state index in [1.165, 1.54) is 17.8 Å². The van der Waals surface area contributed by atoms with E-state index in [0.29, 0.717) is 17.4 Å². The fourth-order valence-corrected chi connectivity index (χ4v) is 2.62. The molecule has 0 amide bonds. The highest BCUT2D eigenvalue weighted by Crippen LogP contribution is 2.34. The summed E-state index contributed by atoms with van der Waals surface area (Å²) in [7, 11) is 0. The molecule has 1 heterocycles. The van der Waals surface area contributed by atoms with E-state index in [0.717, 1.165) is 12.1 Å². The predicted octanol–water partition coefficient (Wildman–Crippen LogP) is 4.00.